The summed E-state index contributed by atoms with van der Waals surface area (Å²) in [5.74, 6) is -0.439. The summed E-state index contributed by atoms with van der Waals surface area (Å²) >= 11 is 0. The van der Waals surface area contributed by atoms with Crippen LogP contribution in [0.5, 0.6) is 0 Å². The van der Waals surface area contributed by atoms with E-state index in [1.165, 1.54) is 0 Å². The van der Waals surface area contributed by atoms with Crippen LogP contribution in [0.2, 0.25) is 0 Å². The molecule has 2 rings (SSSR count). The second-order valence-electron chi connectivity index (χ2n) is 4.07. The molecule has 1 N–H and O–H groups in total. The van der Waals surface area contributed by atoms with Gasteiger partial charge in [-0.2, -0.15) is 0 Å². The molecule has 0 spiro atoms. The first kappa shape index (κ1) is 11.8. The molecule has 1 aromatic rings. The maximum absolute atomic E-state index is 11.1. The van der Waals surface area contributed by atoms with Crippen molar-refractivity contribution in [3.8, 4) is 0 Å². The summed E-state index contributed by atoms with van der Waals surface area (Å²) in [7, 11) is 0. The Morgan fingerprint density at radius 3 is 2.71 bits per heavy atom. The number of aliphatic carboxylic acids is 1. The molecule has 2 heterocycles. The lowest BCUT2D eigenvalue weighted by atomic mass is 10.2. The topological polar surface area (TPSA) is 75.6 Å². The van der Waals surface area contributed by atoms with Crippen molar-refractivity contribution in [1.82, 2.24) is 9.97 Å². The number of carboxylic acid groups (broad SMARTS) is 1. The molecule has 0 bridgehead atoms. The van der Waals surface area contributed by atoms with Gasteiger partial charge in [-0.1, -0.05) is 0 Å². The molecule has 6 nitrogen and oxygen atoms in total. The molecule has 0 aromatic carbocycles. The summed E-state index contributed by atoms with van der Waals surface area (Å²) in [6.07, 6.45) is 0. The van der Waals surface area contributed by atoms with Crippen LogP contribution in [0, 0.1) is 13.8 Å². The highest BCUT2D eigenvalue weighted by Crippen LogP contribution is 2.16. The largest absolute Gasteiger partial charge is 0.480 e. The number of aryl methyl sites for hydroxylation is 2. The molecule has 0 saturated carbocycles. The molecule has 0 amide bonds. The van der Waals surface area contributed by atoms with E-state index in [1.807, 2.05) is 19.9 Å². The van der Waals surface area contributed by atoms with Gasteiger partial charge in [0, 0.05) is 17.9 Å². The van der Waals surface area contributed by atoms with Crippen LogP contribution in [-0.4, -0.2) is 46.8 Å². The molecule has 1 atom stereocenters. The molecular formula is C11H15N3O3. The van der Waals surface area contributed by atoms with Crippen molar-refractivity contribution < 1.29 is 14.6 Å². The highest BCUT2D eigenvalue weighted by Gasteiger charge is 2.31. The fraction of sp³-hybridized carbons (Fsp3) is 0.545. The average molecular weight is 237 g/mol. The average Bonchev–Trinajstić information content (AvgIpc) is 2.27. The summed E-state index contributed by atoms with van der Waals surface area (Å²) in [6.45, 7) is 4.91. The number of hydrogen-bond acceptors (Lipinski definition) is 5. The molecular weight excluding hydrogens is 222 g/mol. The Kier molecular flexibility index (Phi) is 3.23. The predicted molar refractivity (Wildman–Crippen MR) is 61.1 cm³/mol. The number of morpholine rings is 1. The minimum atomic E-state index is -0.910. The Balaban J connectivity index is 2.32. The number of carboxylic acids is 1. The Morgan fingerprint density at radius 2 is 2.12 bits per heavy atom. The number of carbonyl (C=O) groups is 1. The summed E-state index contributed by atoms with van der Waals surface area (Å²) < 4.78 is 5.18. The van der Waals surface area contributed by atoms with E-state index < -0.39 is 12.0 Å². The number of nitrogens with zero attached hydrogens (tertiary/aromatic N) is 3. The van der Waals surface area contributed by atoms with Gasteiger partial charge in [-0.3, -0.25) is 0 Å². The van der Waals surface area contributed by atoms with E-state index in [0.717, 1.165) is 11.4 Å². The zero-order chi connectivity index (χ0) is 12.4. The number of ether oxygens (including phenoxy) is 1. The van der Waals surface area contributed by atoms with Crippen molar-refractivity contribution in [2.75, 3.05) is 24.7 Å². The molecule has 1 fully saturated rings. The standard InChI is InChI=1S/C11H15N3O3/c1-7-5-8(2)13-11(12-7)14-3-4-17-6-9(14)10(15)16/h5,9H,3-4,6H2,1-2H3,(H,15,16). The highest BCUT2D eigenvalue weighted by atomic mass is 16.5. The minimum absolute atomic E-state index is 0.172. The molecule has 6 heteroatoms. The molecule has 1 unspecified atom stereocenters. The van der Waals surface area contributed by atoms with E-state index in [1.54, 1.807) is 4.90 Å². The second kappa shape index (κ2) is 4.67. The summed E-state index contributed by atoms with van der Waals surface area (Å²) in [4.78, 5) is 21.4. The van der Waals surface area contributed by atoms with Crippen LogP contribution in [0.3, 0.4) is 0 Å². The van der Waals surface area contributed by atoms with Gasteiger partial charge in [-0.05, 0) is 19.9 Å². The maximum atomic E-state index is 11.1. The smallest absolute Gasteiger partial charge is 0.328 e. The van der Waals surface area contributed by atoms with E-state index in [9.17, 15) is 4.79 Å². The lowest BCUT2D eigenvalue weighted by Gasteiger charge is -2.32. The first-order valence-corrected chi connectivity index (χ1v) is 5.47. The van der Waals surface area contributed by atoms with E-state index in [4.69, 9.17) is 9.84 Å². The van der Waals surface area contributed by atoms with Crippen molar-refractivity contribution in [3.05, 3.63) is 17.5 Å². The van der Waals surface area contributed by atoms with E-state index in [-0.39, 0.29) is 6.61 Å². The lowest BCUT2D eigenvalue weighted by Crippen LogP contribution is -2.50. The maximum Gasteiger partial charge on any atom is 0.328 e. The summed E-state index contributed by atoms with van der Waals surface area (Å²) in [5.41, 5.74) is 1.67. The Bertz CT molecular complexity index is 416. The predicted octanol–water partition coefficient (Wildman–Crippen LogP) is 0.383. The first-order valence-electron chi connectivity index (χ1n) is 5.47. The SMILES string of the molecule is Cc1cc(C)nc(N2CCOCC2C(=O)O)n1. The molecule has 17 heavy (non-hydrogen) atoms. The van der Waals surface area contributed by atoms with Crippen molar-refractivity contribution in [2.24, 2.45) is 0 Å². The van der Waals surface area contributed by atoms with Gasteiger partial charge in [-0.25, -0.2) is 14.8 Å². The van der Waals surface area contributed by atoms with E-state index in [0.29, 0.717) is 19.1 Å². The number of aromatic nitrogens is 2. The minimum Gasteiger partial charge on any atom is -0.480 e. The highest BCUT2D eigenvalue weighted by molar-refractivity contribution is 5.77. The Morgan fingerprint density at radius 1 is 1.47 bits per heavy atom. The van der Waals surface area contributed by atoms with Gasteiger partial charge in [0.05, 0.1) is 13.2 Å². The zero-order valence-corrected chi connectivity index (χ0v) is 9.88. The molecule has 92 valence electrons. The van der Waals surface area contributed by atoms with Gasteiger partial charge in [-0.15, -0.1) is 0 Å². The van der Waals surface area contributed by atoms with Gasteiger partial charge in [0.1, 0.15) is 0 Å². The molecule has 1 aromatic heterocycles. The van der Waals surface area contributed by atoms with Crippen molar-refractivity contribution in [1.29, 1.82) is 0 Å². The van der Waals surface area contributed by atoms with Crippen molar-refractivity contribution in [3.63, 3.8) is 0 Å². The number of hydrogen-bond donors (Lipinski definition) is 1. The third-order valence-electron chi connectivity index (χ3n) is 2.64. The van der Waals surface area contributed by atoms with Gasteiger partial charge in [0.2, 0.25) is 5.95 Å². The number of rotatable bonds is 2. The second-order valence-corrected chi connectivity index (χ2v) is 4.07. The van der Waals surface area contributed by atoms with Crippen molar-refractivity contribution in [2.45, 2.75) is 19.9 Å². The summed E-state index contributed by atoms with van der Waals surface area (Å²) in [5, 5.41) is 9.13. The van der Waals surface area contributed by atoms with Gasteiger partial charge < -0.3 is 14.7 Å². The Hall–Kier alpha value is -1.69. The Labute approximate surface area is 99.2 Å². The van der Waals surface area contributed by atoms with Crippen LogP contribution in [0.15, 0.2) is 6.07 Å². The van der Waals surface area contributed by atoms with Gasteiger partial charge in [0.15, 0.2) is 6.04 Å². The summed E-state index contributed by atoms with van der Waals surface area (Å²) in [6, 6.07) is 1.16. The zero-order valence-electron chi connectivity index (χ0n) is 9.88. The monoisotopic (exact) mass is 237 g/mol. The third-order valence-corrected chi connectivity index (χ3v) is 2.64. The van der Waals surface area contributed by atoms with Crippen LogP contribution >= 0.6 is 0 Å². The van der Waals surface area contributed by atoms with Crippen molar-refractivity contribution >= 4 is 11.9 Å². The molecule has 1 aliphatic rings. The normalized spacial score (nSPS) is 20.4. The molecule has 1 saturated heterocycles. The fourth-order valence-electron chi connectivity index (χ4n) is 1.88. The van der Waals surface area contributed by atoms with E-state index in [2.05, 4.69) is 9.97 Å². The molecule has 0 radical (unpaired) electrons. The lowest BCUT2D eigenvalue weighted by molar-refractivity contribution is -0.141. The van der Waals surface area contributed by atoms with Gasteiger partial charge in [0.25, 0.3) is 0 Å². The van der Waals surface area contributed by atoms with Crippen LogP contribution in [0.4, 0.5) is 5.95 Å². The van der Waals surface area contributed by atoms with E-state index >= 15 is 0 Å². The third kappa shape index (κ3) is 2.52. The first-order chi connectivity index (χ1) is 8.08. The molecule has 1 aliphatic heterocycles. The number of anilines is 1. The van der Waals surface area contributed by atoms with Crippen LogP contribution in [0.1, 0.15) is 11.4 Å². The van der Waals surface area contributed by atoms with Crippen LogP contribution in [-0.2, 0) is 9.53 Å². The van der Waals surface area contributed by atoms with Crippen LogP contribution in [0.25, 0.3) is 0 Å². The van der Waals surface area contributed by atoms with Crippen LogP contribution < -0.4 is 4.90 Å². The quantitative estimate of drug-likeness (QED) is 0.801. The molecule has 0 aliphatic carbocycles. The fourth-order valence-corrected chi connectivity index (χ4v) is 1.88. The van der Waals surface area contributed by atoms with Gasteiger partial charge >= 0.3 is 5.97 Å².